The Balaban J connectivity index is 1.90. The molecule has 34 heavy (non-hydrogen) atoms. The Kier molecular flexibility index (Phi) is 8.27. The Morgan fingerprint density at radius 3 is 2.62 bits per heavy atom. The summed E-state index contributed by atoms with van der Waals surface area (Å²) in [5, 5.41) is 6.79. The molecule has 1 aliphatic rings. The number of likely N-dealkylation sites (tertiary alicyclic amines) is 1. The van der Waals surface area contributed by atoms with Gasteiger partial charge in [0.05, 0.1) is 7.11 Å². The second-order valence-corrected chi connectivity index (χ2v) is 10.0. The summed E-state index contributed by atoms with van der Waals surface area (Å²) in [7, 11) is 3.40. The molecule has 0 radical (unpaired) electrons. The summed E-state index contributed by atoms with van der Waals surface area (Å²) in [4.78, 5) is 35.5. The highest BCUT2D eigenvalue weighted by atomic mass is 16.6. The molecule has 2 heterocycles. The van der Waals surface area contributed by atoms with Gasteiger partial charge < -0.3 is 20.4 Å². The third kappa shape index (κ3) is 7.01. The SMILES string of the molecule is CCN1CC[C@H](Nc2nc(Nc3cc(C(=O)NOC)ccc3C)nc(N(C)CC(C)(C)C)n2)C1. The minimum Gasteiger partial charge on any atom is -0.350 e. The predicted molar refractivity (Wildman–Crippen MR) is 136 cm³/mol. The standard InChI is InChI=1S/C24H38N8O2/c1-8-32-12-11-18(14-32)25-21-27-22(29-23(28-21)31(6)15-24(3,4)5)26-19-13-17(10-9-16(19)2)20(33)30-34-7/h9-10,13,18H,8,11-12,14-15H2,1-7H3,(H,30,33)(H2,25,26,27,28,29)/t18-/m0/s1. The van der Waals surface area contributed by atoms with Crippen LogP contribution < -0.4 is 21.0 Å². The maximum atomic E-state index is 12.2. The van der Waals surface area contributed by atoms with Crippen LogP contribution in [0.25, 0.3) is 0 Å². The monoisotopic (exact) mass is 470 g/mol. The molecule has 1 aliphatic heterocycles. The molecule has 0 unspecified atom stereocenters. The first-order valence-electron chi connectivity index (χ1n) is 11.7. The highest BCUT2D eigenvalue weighted by molar-refractivity contribution is 5.94. The van der Waals surface area contributed by atoms with Crippen LogP contribution in [0.2, 0.25) is 0 Å². The smallest absolute Gasteiger partial charge is 0.274 e. The minimum atomic E-state index is -0.323. The van der Waals surface area contributed by atoms with E-state index in [9.17, 15) is 4.79 Å². The van der Waals surface area contributed by atoms with Crippen LogP contribution in [0.4, 0.5) is 23.5 Å². The highest BCUT2D eigenvalue weighted by Crippen LogP contribution is 2.24. The molecule has 2 aromatic rings. The largest absolute Gasteiger partial charge is 0.350 e. The minimum absolute atomic E-state index is 0.0786. The lowest BCUT2D eigenvalue weighted by Gasteiger charge is -2.27. The zero-order chi connectivity index (χ0) is 24.9. The Morgan fingerprint density at radius 2 is 1.97 bits per heavy atom. The van der Waals surface area contributed by atoms with Crippen molar-refractivity contribution in [3.63, 3.8) is 0 Å². The molecule has 3 N–H and O–H groups in total. The number of nitrogens with one attached hydrogen (secondary N) is 3. The fourth-order valence-electron chi connectivity index (χ4n) is 4.03. The van der Waals surface area contributed by atoms with Gasteiger partial charge in [0.2, 0.25) is 17.8 Å². The van der Waals surface area contributed by atoms with Crippen molar-refractivity contribution < 1.29 is 9.63 Å². The molecule has 10 nitrogen and oxygen atoms in total. The van der Waals surface area contributed by atoms with Crippen LogP contribution >= 0.6 is 0 Å². The number of anilines is 4. The van der Waals surface area contributed by atoms with E-state index >= 15 is 0 Å². The number of hydrogen-bond donors (Lipinski definition) is 3. The zero-order valence-electron chi connectivity index (χ0n) is 21.4. The van der Waals surface area contributed by atoms with Gasteiger partial charge in [-0.3, -0.25) is 9.63 Å². The molecule has 1 saturated heterocycles. The van der Waals surface area contributed by atoms with Crippen molar-refractivity contribution in [1.82, 2.24) is 25.3 Å². The van der Waals surface area contributed by atoms with Crippen molar-refractivity contribution in [3.8, 4) is 0 Å². The van der Waals surface area contributed by atoms with Gasteiger partial charge in [-0.25, -0.2) is 5.48 Å². The van der Waals surface area contributed by atoms with Crippen LogP contribution in [0.5, 0.6) is 0 Å². The van der Waals surface area contributed by atoms with Crippen molar-refractivity contribution in [2.24, 2.45) is 5.41 Å². The molecule has 1 atom stereocenters. The summed E-state index contributed by atoms with van der Waals surface area (Å²) in [5.41, 5.74) is 4.60. The highest BCUT2D eigenvalue weighted by Gasteiger charge is 2.23. The number of rotatable bonds is 9. The molecule has 0 aliphatic carbocycles. The number of benzene rings is 1. The zero-order valence-corrected chi connectivity index (χ0v) is 21.4. The van der Waals surface area contributed by atoms with E-state index in [1.807, 2.05) is 24.9 Å². The van der Waals surface area contributed by atoms with Gasteiger partial charge in [-0.2, -0.15) is 15.0 Å². The second kappa shape index (κ2) is 11.0. The molecule has 1 aromatic carbocycles. The van der Waals surface area contributed by atoms with Crippen molar-refractivity contribution >= 4 is 29.4 Å². The van der Waals surface area contributed by atoms with Gasteiger partial charge in [0.25, 0.3) is 5.91 Å². The van der Waals surface area contributed by atoms with E-state index in [0.717, 1.165) is 43.9 Å². The molecule has 10 heteroatoms. The average Bonchev–Trinajstić information content (AvgIpc) is 3.21. The lowest BCUT2D eigenvalue weighted by atomic mass is 9.96. The van der Waals surface area contributed by atoms with Crippen LogP contribution in [0, 0.1) is 12.3 Å². The van der Waals surface area contributed by atoms with Gasteiger partial charge >= 0.3 is 0 Å². The number of nitrogens with zero attached hydrogens (tertiary/aromatic N) is 5. The Bertz CT molecular complexity index is 991. The summed E-state index contributed by atoms with van der Waals surface area (Å²) >= 11 is 0. The number of hydrogen-bond acceptors (Lipinski definition) is 9. The predicted octanol–water partition coefficient (Wildman–Crippen LogP) is 3.20. The van der Waals surface area contributed by atoms with Gasteiger partial charge in [-0.15, -0.1) is 0 Å². The number of amides is 1. The van der Waals surface area contributed by atoms with E-state index in [1.54, 1.807) is 12.1 Å². The summed E-state index contributed by atoms with van der Waals surface area (Å²) < 4.78 is 0. The van der Waals surface area contributed by atoms with Crippen molar-refractivity contribution in [2.45, 2.75) is 47.1 Å². The third-order valence-electron chi connectivity index (χ3n) is 5.67. The number of carbonyl (C=O) groups is 1. The molecule has 0 saturated carbocycles. The average molecular weight is 471 g/mol. The van der Waals surface area contributed by atoms with Crippen LogP contribution in [-0.2, 0) is 4.84 Å². The third-order valence-corrected chi connectivity index (χ3v) is 5.67. The number of aryl methyl sites for hydroxylation is 1. The van der Waals surface area contributed by atoms with Gasteiger partial charge in [-0.05, 0) is 43.0 Å². The van der Waals surface area contributed by atoms with Crippen LogP contribution in [0.15, 0.2) is 18.2 Å². The summed E-state index contributed by atoms with van der Waals surface area (Å²) in [6.45, 7) is 14.5. The molecule has 3 rings (SSSR count). The van der Waals surface area contributed by atoms with E-state index in [2.05, 4.69) is 58.7 Å². The maximum absolute atomic E-state index is 12.2. The molecule has 0 bridgehead atoms. The fraction of sp³-hybridized carbons (Fsp3) is 0.583. The van der Waals surface area contributed by atoms with Gasteiger partial charge in [0.15, 0.2) is 0 Å². The maximum Gasteiger partial charge on any atom is 0.274 e. The van der Waals surface area contributed by atoms with Crippen LogP contribution in [0.3, 0.4) is 0 Å². The van der Waals surface area contributed by atoms with Gasteiger partial charge in [-0.1, -0.05) is 33.8 Å². The first-order valence-corrected chi connectivity index (χ1v) is 11.7. The van der Waals surface area contributed by atoms with Gasteiger partial charge in [0, 0.05) is 44.0 Å². The number of hydroxylamine groups is 1. The summed E-state index contributed by atoms with van der Waals surface area (Å²) in [6.07, 6.45) is 1.05. The van der Waals surface area contributed by atoms with E-state index < -0.39 is 0 Å². The number of likely N-dealkylation sites (N-methyl/N-ethyl adjacent to an activating group) is 1. The lowest BCUT2D eigenvalue weighted by Crippen LogP contribution is -2.31. The Hall–Kier alpha value is -2.98. The van der Waals surface area contributed by atoms with E-state index in [-0.39, 0.29) is 11.3 Å². The van der Waals surface area contributed by atoms with Crippen molar-refractivity contribution in [2.75, 3.05) is 55.9 Å². The van der Waals surface area contributed by atoms with E-state index in [4.69, 9.17) is 9.82 Å². The lowest BCUT2D eigenvalue weighted by molar-refractivity contribution is 0.0537. The fourth-order valence-corrected chi connectivity index (χ4v) is 4.03. The first kappa shape index (κ1) is 25.6. The Labute approximate surface area is 202 Å². The van der Waals surface area contributed by atoms with Crippen molar-refractivity contribution in [3.05, 3.63) is 29.3 Å². The van der Waals surface area contributed by atoms with Crippen molar-refractivity contribution in [1.29, 1.82) is 0 Å². The van der Waals surface area contributed by atoms with Crippen LogP contribution in [-0.4, -0.2) is 72.1 Å². The molecular formula is C24H38N8O2. The number of aromatic nitrogens is 3. The Morgan fingerprint density at radius 1 is 1.24 bits per heavy atom. The molecule has 1 aromatic heterocycles. The molecule has 1 amide bonds. The van der Waals surface area contributed by atoms with E-state index in [1.165, 1.54) is 7.11 Å². The van der Waals surface area contributed by atoms with Crippen LogP contribution in [0.1, 0.15) is 50.0 Å². The normalized spacial score (nSPS) is 16.4. The molecule has 1 fully saturated rings. The second-order valence-electron chi connectivity index (χ2n) is 10.0. The number of carbonyl (C=O) groups excluding carboxylic acids is 1. The topological polar surface area (TPSA) is 108 Å². The van der Waals surface area contributed by atoms with Gasteiger partial charge in [0.1, 0.15) is 0 Å². The summed E-state index contributed by atoms with van der Waals surface area (Å²) in [6, 6.07) is 5.67. The molecular weight excluding hydrogens is 432 g/mol. The first-order chi connectivity index (χ1) is 16.1. The van der Waals surface area contributed by atoms with E-state index in [0.29, 0.717) is 29.5 Å². The molecule has 0 spiro atoms. The quantitative estimate of drug-likeness (QED) is 0.476. The summed E-state index contributed by atoms with van der Waals surface area (Å²) in [5.74, 6) is 1.23. The molecule has 186 valence electrons.